The summed E-state index contributed by atoms with van der Waals surface area (Å²) >= 11 is 0. The highest BCUT2D eigenvalue weighted by Gasteiger charge is 2.18. The molecule has 5 nitrogen and oxygen atoms in total. The van der Waals surface area contributed by atoms with Gasteiger partial charge in [0, 0.05) is 25.4 Å². The van der Waals surface area contributed by atoms with Crippen molar-refractivity contribution in [1.82, 2.24) is 4.98 Å². The van der Waals surface area contributed by atoms with E-state index < -0.39 is 0 Å². The van der Waals surface area contributed by atoms with Crippen LogP contribution in [0, 0.1) is 0 Å². The quantitative estimate of drug-likeness (QED) is 0.812. The van der Waals surface area contributed by atoms with Gasteiger partial charge in [-0.05, 0) is 31.5 Å². The minimum atomic E-state index is 0.348. The van der Waals surface area contributed by atoms with Gasteiger partial charge in [-0.15, -0.1) is 0 Å². The molecule has 0 aliphatic carbocycles. The molecule has 0 spiro atoms. The number of fused-ring (bicyclic) bond motifs is 1. The Kier molecular flexibility index (Phi) is 4.27. The second-order valence-electron chi connectivity index (χ2n) is 4.67. The lowest BCUT2D eigenvalue weighted by Crippen LogP contribution is -2.35. The van der Waals surface area contributed by atoms with Crippen molar-refractivity contribution < 1.29 is 9.15 Å². The fraction of sp³-hybridized carbons (Fsp3) is 0.500. The van der Waals surface area contributed by atoms with Crippen LogP contribution in [0.15, 0.2) is 22.6 Å². The number of anilines is 2. The molecule has 0 radical (unpaired) electrons. The van der Waals surface area contributed by atoms with Gasteiger partial charge in [0.2, 0.25) is 0 Å². The summed E-state index contributed by atoms with van der Waals surface area (Å²) in [7, 11) is 1.70. The standard InChI is InChI=1S/C14H21N3O2/c1-4-10(2)17(7-8-18-3)14-16-12-9-11(15)5-6-13(12)19-14/h5-6,9-10H,4,7-8,15H2,1-3H3. The monoisotopic (exact) mass is 263 g/mol. The SMILES string of the molecule is CCC(C)N(CCOC)c1nc2cc(N)ccc2o1. The smallest absolute Gasteiger partial charge is 0.298 e. The average molecular weight is 263 g/mol. The predicted octanol–water partition coefficient (Wildman–Crippen LogP) is 2.66. The van der Waals surface area contributed by atoms with E-state index in [0.29, 0.717) is 24.4 Å². The number of nitrogens with zero attached hydrogens (tertiary/aromatic N) is 2. The second kappa shape index (κ2) is 5.93. The van der Waals surface area contributed by atoms with Gasteiger partial charge < -0.3 is 19.8 Å². The fourth-order valence-corrected chi connectivity index (χ4v) is 1.97. The minimum Gasteiger partial charge on any atom is -0.423 e. The highest BCUT2D eigenvalue weighted by molar-refractivity contribution is 5.78. The first-order chi connectivity index (χ1) is 9.15. The van der Waals surface area contributed by atoms with Crippen LogP contribution >= 0.6 is 0 Å². The Morgan fingerprint density at radius 3 is 2.95 bits per heavy atom. The van der Waals surface area contributed by atoms with E-state index >= 15 is 0 Å². The molecule has 2 aromatic rings. The number of hydrogen-bond acceptors (Lipinski definition) is 5. The maximum Gasteiger partial charge on any atom is 0.298 e. The molecule has 104 valence electrons. The summed E-state index contributed by atoms with van der Waals surface area (Å²) < 4.78 is 11.0. The Bertz CT molecular complexity index is 538. The summed E-state index contributed by atoms with van der Waals surface area (Å²) in [6.07, 6.45) is 1.02. The molecule has 0 aliphatic rings. The molecule has 0 amide bonds. The lowest BCUT2D eigenvalue weighted by Gasteiger charge is -2.26. The van der Waals surface area contributed by atoms with E-state index in [9.17, 15) is 0 Å². The molecule has 0 saturated carbocycles. The first-order valence-electron chi connectivity index (χ1n) is 6.57. The lowest BCUT2D eigenvalue weighted by molar-refractivity contribution is 0.202. The van der Waals surface area contributed by atoms with Crippen LogP contribution in [0.25, 0.3) is 11.1 Å². The summed E-state index contributed by atoms with van der Waals surface area (Å²) in [4.78, 5) is 6.64. The van der Waals surface area contributed by atoms with Gasteiger partial charge in [0.1, 0.15) is 5.52 Å². The molecular weight excluding hydrogens is 242 g/mol. The number of rotatable bonds is 6. The fourth-order valence-electron chi connectivity index (χ4n) is 1.97. The second-order valence-corrected chi connectivity index (χ2v) is 4.67. The van der Waals surface area contributed by atoms with Crippen molar-refractivity contribution in [1.29, 1.82) is 0 Å². The van der Waals surface area contributed by atoms with E-state index in [-0.39, 0.29) is 0 Å². The predicted molar refractivity (Wildman–Crippen MR) is 77.4 cm³/mol. The molecule has 2 rings (SSSR count). The third-order valence-electron chi connectivity index (χ3n) is 3.31. The summed E-state index contributed by atoms with van der Waals surface area (Å²) in [6.45, 7) is 5.70. The van der Waals surface area contributed by atoms with Gasteiger partial charge >= 0.3 is 0 Å². The Balaban J connectivity index is 2.32. The Morgan fingerprint density at radius 2 is 2.26 bits per heavy atom. The summed E-state index contributed by atoms with van der Waals surface area (Å²) in [5.74, 6) is 0. The zero-order valence-electron chi connectivity index (χ0n) is 11.7. The molecule has 1 heterocycles. The van der Waals surface area contributed by atoms with Gasteiger partial charge in [0.15, 0.2) is 5.58 Å². The molecule has 1 unspecified atom stereocenters. The van der Waals surface area contributed by atoms with Crippen molar-refractivity contribution in [2.45, 2.75) is 26.3 Å². The number of benzene rings is 1. The summed E-state index contributed by atoms with van der Waals surface area (Å²) in [5.41, 5.74) is 8.01. The van der Waals surface area contributed by atoms with Crippen LogP contribution < -0.4 is 10.6 Å². The maximum atomic E-state index is 5.81. The molecule has 5 heteroatoms. The summed E-state index contributed by atoms with van der Waals surface area (Å²) in [6, 6.07) is 6.48. The average Bonchev–Trinajstić information content (AvgIpc) is 2.81. The number of aromatic nitrogens is 1. The van der Waals surface area contributed by atoms with Crippen molar-refractivity contribution in [3.8, 4) is 0 Å². The molecule has 1 atom stereocenters. The largest absolute Gasteiger partial charge is 0.423 e. The number of methoxy groups -OCH3 is 1. The number of nitrogen functional groups attached to an aromatic ring is 1. The van der Waals surface area contributed by atoms with Crippen molar-refractivity contribution in [3.63, 3.8) is 0 Å². The number of hydrogen-bond donors (Lipinski definition) is 1. The van der Waals surface area contributed by atoms with Gasteiger partial charge in [0.25, 0.3) is 6.01 Å². The van der Waals surface area contributed by atoms with Gasteiger partial charge in [-0.2, -0.15) is 4.98 Å². The highest BCUT2D eigenvalue weighted by Crippen LogP contribution is 2.25. The van der Waals surface area contributed by atoms with E-state index in [1.54, 1.807) is 7.11 Å². The zero-order valence-corrected chi connectivity index (χ0v) is 11.7. The third kappa shape index (κ3) is 2.98. The molecular formula is C14H21N3O2. The van der Waals surface area contributed by atoms with E-state index in [2.05, 4.69) is 23.7 Å². The van der Waals surface area contributed by atoms with Crippen molar-refractivity contribution in [2.75, 3.05) is 30.9 Å². The van der Waals surface area contributed by atoms with E-state index in [4.69, 9.17) is 14.9 Å². The summed E-state index contributed by atoms with van der Waals surface area (Å²) in [5, 5.41) is 0. The van der Waals surface area contributed by atoms with Crippen LogP contribution in [-0.2, 0) is 4.74 Å². The molecule has 2 N–H and O–H groups in total. The number of oxazole rings is 1. The first-order valence-corrected chi connectivity index (χ1v) is 6.57. The topological polar surface area (TPSA) is 64.5 Å². The number of ether oxygens (including phenoxy) is 1. The van der Waals surface area contributed by atoms with Crippen LogP contribution in [0.3, 0.4) is 0 Å². The van der Waals surface area contributed by atoms with Crippen LogP contribution in [0.5, 0.6) is 0 Å². The Hall–Kier alpha value is -1.75. The molecule has 19 heavy (non-hydrogen) atoms. The van der Waals surface area contributed by atoms with Gasteiger partial charge in [-0.25, -0.2) is 0 Å². The van der Waals surface area contributed by atoms with Gasteiger partial charge in [-0.3, -0.25) is 0 Å². The first kappa shape index (κ1) is 13.7. The number of nitrogens with two attached hydrogens (primary N) is 1. The molecule has 0 fully saturated rings. The highest BCUT2D eigenvalue weighted by atomic mass is 16.5. The van der Waals surface area contributed by atoms with Crippen LogP contribution in [0.4, 0.5) is 11.7 Å². The molecule has 0 bridgehead atoms. The minimum absolute atomic E-state index is 0.348. The molecule has 0 saturated heterocycles. The van der Waals surface area contributed by atoms with E-state index in [1.165, 1.54) is 0 Å². The Morgan fingerprint density at radius 1 is 1.47 bits per heavy atom. The van der Waals surface area contributed by atoms with Gasteiger partial charge in [-0.1, -0.05) is 6.92 Å². The lowest BCUT2D eigenvalue weighted by atomic mass is 10.2. The van der Waals surface area contributed by atoms with Crippen molar-refractivity contribution in [3.05, 3.63) is 18.2 Å². The Labute approximate surface area is 113 Å². The molecule has 0 aliphatic heterocycles. The molecule has 1 aromatic carbocycles. The van der Waals surface area contributed by atoms with E-state index in [0.717, 1.165) is 24.1 Å². The zero-order chi connectivity index (χ0) is 13.8. The maximum absolute atomic E-state index is 5.81. The van der Waals surface area contributed by atoms with E-state index in [1.807, 2.05) is 18.2 Å². The normalized spacial score (nSPS) is 12.8. The van der Waals surface area contributed by atoms with Crippen LogP contribution in [0.2, 0.25) is 0 Å². The third-order valence-corrected chi connectivity index (χ3v) is 3.31. The van der Waals surface area contributed by atoms with Crippen molar-refractivity contribution in [2.24, 2.45) is 0 Å². The van der Waals surface area contributed by atoms with Crippen LogP contribution in [-0.4, -0.2) is 31.3 Å². The van der Waals surface area contributed by atoms with Crippen LogP contribution in [0.1, 0.15) is 20.3 Å². The molecule has 1 aromatic heterocycles. The van der Waals surface area contributed by atoms with Gasteiger partial charge in [0.05, 0.1) is 6.61 Å². The van der Waals surface area contributed by atoms with Crippen molar-refractivity contribution >= 4 is 22.8 Å².